The van der Waals surface area contributed by atoms with Crippen molar-refractivity contribution in [3.8, 4) is 0 Å². The van der Waals surface area contributed by atoms with Crippen LogP contribution < -0.4 is 5.32 Å². The number of amides is 2. The van der Waals surface area contributed by atoms with E-state index in [-0.39, 0.29) is 17.7 Å². The highest BCUT2D eigenvalue weighted by atomic mass is 32.2. The molecule has 0 aromatic carbocycles. The van der Waals surface area contributed by atoms with Crippen LogP contribution in [0, 0.1) is 5.92 Å². The van der Waals surface area contributed by atoms with Gasteiger partial charge in [-0.15, -0.1) is 0 Å². The molecule has 0 aromatic rings. The maximum absolute atomic E-state index is 12.3. The van der Waals surface area contributed by atoms with Crippen molar-refractivity contribution in [1.82, 2.24) is 10.2 Å². The molecule has 2 heterocycles. The van der Waals surface area contributed by atoms with Crippen molar-refractivity contribution in [2.24, 2.45) is 5.92 Å². The predicted octanol–water partition coefficient (Wildman–Crippen LogP) is 0.476. The van der Waals surface area contributed by atoms with Gasteiger partial charge in [-0.05, 0) is 26.0 Å². The van der Waals surface area contributed by atoms with Gasteiger partial charge in [-0.1, -0.05) is 0 Å². The molecule has 90 valence electrons. The van der Waals surface area contributed by atoms with Gasteiger partial charge in [-0.2, -0.15) is 11.8 Å². The minimum atomic E-state index is -0.692. The molecule has 5 heteroatoms. The Balaban J connectivity index is 2.12. The first-order valence-corrected chi connectivity index (χ1v) is 6.86. The van der Waals surface area contributed by atoms with Crippen LogP contribution in [0.25, 0.3) is 0 Å². The summed E-state index contributed by atoms with van der Waals surface area (Å²) in [6.07, 6.45) is 0.956. The zero-order valence-electron chi connectivity index (χ0n) is 9.78. The predicted molar refractivity (Wildman–Crippen MR) is 64.2 cm³/mol. The van der Waals surface area contributed by atoms with Crippen LogP contribution >= 0.6 is 11.8 Å². The summed E-state index contributed by atoms with van der Waals surface area (Å²) in [6.45, 7) is 4.86. The highest BCUT2D eigenvalue weighted by Crippen LogP contribution is 2.28. The number of hydrogen-bond acceptors (Lipinski definition) is 3. The molecule has 2 saturated heterocycles. The second-order valence-corrected chi connectivity index (χ2v) is 6.02. The molecule has 2 aliphatic heterocycles. The van der Waals surface area contributed by atoms with Crippen LogP contribution in [0.1, 0.15) is 20.3 Å². The van der Waals surface area contributed by atoms with E-state index in [9.17, 15) is 9.59 Å². The monoisotopic (exact) mass is 242 g/mol. The van der Waals surface area contributed by atoms with Crippen molar-refractivity contribution >= 4 is 23.6 Å². The Morgan fingerprint density at radius 2 is 2.31 bits per heavy atom. The number of nitrogens with zero attached hydrogens (tertiary/aromatic N) is 1. The molecule has 0 aliphatic carbocycles. The fourth-order valence-corrected chi connectivity index (χ4v) is 3.45. The number of thioether (sulfide) groups is 1. The summed E-state index contributed by atoms with van der Waals surface area (Å²) in [4.78, 5) is 25.8. The normalized spacial score (nSPS) is 29.0. The zero-order chi connectivity index (χ0) is 11.8. The van der Waals surface area contributed by atoms with Gasteiger partial charge in [0.1, 0.15) is 5.54 Å². The van der Waals surface area contributed by atoms with Gasteiger partial charge < -0.3 is 10.2 Å². The Morgan fingerprint density at radius 1 is 1.56 bits per heavy atom. The number of rotatable bonds is 1. The van der Waals surface area contributed by atoms with Crippen LogP contribution in [0.4, 0.5) is 0 Å². The number of nitrogens with one attached hydrogen (secondary N) is 1. The largest absolute Gasteiger partial charge is 0.352 e. The van der Waals surface area contributed by atoms with Gasteiger partial charge in [0.2, 0.25) is 11.8 Å². The summed E-state index contributed by atoms with van der Waals surface area (Å²) in [5.74, 6) is 2.21. The minimum absolute atomic E-state index is 0.0437. The van der Waals surface area contributed by atoms with Crippen LogP contribution in [0.2, 0.25) is 0 Å². The van der Waals surface area contributed by atoms with Crippen molar-refractivity contribution in [1.29, 1.82) is 0 Å². The summed E-state index contributed by atoms with van der Waals surface area (Å²) < 4.78 is 0. The van der Waals surface area contributed by atoms with Crippen LogP contribution in [-0.4, -0.2) is 46.8 Å². The number of piperazine rings is 1. The van der Waals surface area contributed by atoms with E-state index in [2.05, 4.69) is 5.32 Å². The molecule has 4 nitrogen and oxygen atoms in total. The van der Waals surface area contributed by atoms with Gasteiger partial charge >= 0.3 is 0 Å². The summed E-state index contributed by atoms with van der Waals surface area (Å²) in [7, 11) is 0. The molecule has 0 spiro atoms. The highest BCUT2D eigenvalue weighted by molar-refractivity contribution is 7.99. The smallest absolute Gasteiger partial charge is 0.245 e. The van der Waals surface area contributed by atoms with E-state index in [0.717, 1.165) is 17.9 Å². The molecular formula is C11H18N2O2S. The van der Waals surface area contributed by atoms with Crippen molar-refractivity contribution in [3.63, 3.8) is 0 Å². The standard InChI is InChI=1S/C11H18N2O2S/c1-11(2)10(15)12-4-5-13(11)9(14)8-3-6-16-7-8/h8H,3-7H2,1-2H3,(H,12,15). The molecule has 2 amide bonds. The molecule has 0 radical (unpaired) electrons. The fourth-order valence-electron chi connectivity index (χ4n) is 2.23. The average molecular weight is 242 g/mol. The first-order chi connectivity index (χ1) is 7.53. The molecule has 0 bridgehead atoms. The maximum Gasteiger partial charge on any atom is 0.245 e. The lowest BCUT2D eigenvalue weighted by atomic mass is 9.96. The average Bonchev–Trinajstić information content (AvgIpc) is 2.74. The van der Waals surface area contributed by atoms with Crippen molar-refractivity contribution in [2.45, 2.75) is 25.8 Å². The summed E-state index contributed by atoms with van der Waals surface area (Å²) in [6, 6.07) is 0. The van der Waals surface area contributed by atoms with E-state index in [0.29, 0.717) is 13.1 Å². The fraction of sp³-hybridized carbons (Fsp3) is 0.818. The first-order valence-electron chi connectivity index (χ1n) is 5.71. The Morgan fingerprint density at radius 3 is 2.94 bits per heavy atom. The lowest BCUT2D eigenvalue weighted by Gasteiger charge is -2.42. The number of hydrogen-bond donors (Lipinski definition) is 1. The molecule has 0 aromatic heterocycles. The summed E-state index contributed by atoms with van der Waals surface area (Å²) in [5, 5.41) is 2.81. The molecular weight excluding hydrogens is 224 g/mol. The Labute approximate surface area is 100 Å². The summed E-state index contributed by atoms with van der Waals surface area (Å²) >= 11 is 1.83. The van der Waals surface area contributed by atoms with Crippen molar-refractivity contribution in [3.05, 3.63) is 0 Å². The first kappa shape index (κ1) is 11.8. The molecule has 2 aliphatic rings. The molecule has 16 heavy (non-hydrogen) atoms. The van der Waals surface area contributed by atoms with Gasteiger partial charge in [0.25, 0.3) is 0 Å². The van der Waals surface area contributed by atoms with Gasteiger partial charge in [0.15, 0.2) is 0 Å². The third-order valence-corrected chi connectivity index (χ3v) is 4.56. The lowest BCUT2D eigenvalue weighted by Crippen LogP contribution is -2.64. The number of carbonyl (C=O) groups is 2. The summed E-state index contributed by atoms with van der Waals surface area (Å²) in [5.41, 5.74) is -0.692. The zero-order valence-corrected chi connectivity index (χ0v) is 10.6. The third kappa shape index (κ3) is 1.93. The van der Waals surface area contributed by atoms with E-state index < -0.39 is 5.54 Å². The highest BCUT2D eigenvalue weighted by Gasteiger charge is 2.42. The molecule has 2 fully saturated rings. The maximum atomic E-state index is 12.3. The van der Waals surface area contributed by atoms with E-state index in [4.69, 9.17) is 0 Å². The Hall–Kier alpha value is -0.710. The van der Waals surface area contributed by atoms with E-state index in [1.807, 2.05) is 25.6 Å². The topological polar surface area (TPSA) is 49.4 Å². The van der Waals surface area contributed by atoms with Crippen LogP contribution in [-0.2, 0) is 9.59 Å². The number of carbonyl (C=O) groups excluding carboxylic acids is 2. The van der Waals surface area contributed by atoms with Crippen molar-refractivity contribution in [2.75, 3.05) is 24.6 Å². The molecule has 0 saturated carbocycles. The minimum Gasteiger partial charge on any atom is -0.352 e. The lowest BCUT2D eigenvalue weighted by molar-refractivity contribution is -0.151. The van der Waals surface area contributed by atoms with Crippen LogP contribution in [0.15, 0.2) is 0 Å². The van der Waals surface area contributed by atoms with Crippen molar-refractivity contribution < 1.29 is 9.59 Å². The Kier molecular flexibility index (Phi) is 3.15. The quantitative estimate of drug-likeness (QED) is 0.727. The van der Waals surface area contributed by atoms with E-state index in [1.54, 1.807) is 4.90 Å². The van der Waals surface area contributed by atoms with E-state index in [1.165, 1.54) is 0 Å². The molecule has 1 unspecified atom stereocenters. The van der Waals surface area contributed by atoms with Gasteiger partial charge in [0, 0.05) is 24.8 Å². The molecule has 1 N–H and O–H groups in total. The van der Waals surface area contributed by atoms with Gasteiger partial charge in [-0.25, -0.2) is 0 Å². The van der Waals surface area contributed by atoms with Crippen LogP contribution in [0.3, 0.4) is 0 Å². The third-order valence-electron chi connectivity index (χ3n) is 3.40. The van der Waals surface area contributed by atoms with E-state index >= 15 is 0 Å². The SMILES string of the molecule is CC1(C)C(=O)NCCN1C(=O)C1CCSC1. The molecule has 1 atom stereocenters. The van der Waals surface area contributed by atoms with Gasteiger partial charge in [0.05, 0.1) is 0 Å². The second kappa shape index (κ2) is 4.28. The van der Waals surface area contributed by atoms with Crippen LogP contribution in [0.5, 0.6) is 0 Å². The second-order valence-electron chi connectivity index (χ2n) is 4.87. The Bertz CT molecular complexity index is 311. The molecule has 2 rings (SSSR count). The van der Waals surface area contributed by atoms with Gasteiger partial charge in [-0.3, -0.25) is 9.59 Å².